The van der Waals surface area contributed by atoms with E-state index in [1.807, 2.05) is 7.05 Å². The van der Waals surface area contributed by atoms with E-state index in [0.717, 1.165) is 12.3 Å². The van der Waals surface area contributed by atoms with Crippen molar-refractivity contribution in [1.82, 2.24) is 4.31 Å². The second kappa shape index (κ2) is 3.72. The number of hydrogen-bond acceptors (Lipinski definition) is 2. The fraction of sp³-hybridized carbons (Fsp3) is 0.667. The first-order valence-electron chi connectivity index (χ1n) is 2.96. The van der Waals surface area contributed by atoms with Crippen LogP contribution in [0.25, 0.3) is 0 Å². The summed E-state index contributed by atoms with van der Waals surface area (Å²) in [6.45, 7) is 0.968. The van der Waals surface area contributed by atoms with Crippen LogP contribution in [0, 0.1) is 18.3 Å². The molecule has 0 saturated carbocycles. The van der Waals surface area contributed by atoms with Gasteiger partial charge in [0.25, 0.3) is 0 Å². The van der Waals surface area contributed by atoms with E-state index in [1.54, 1.807) is 10.8 Å². The Morgan fingerprint density at radius 2 is 2.60 bits per heavy atom. The molecule has 0 spiro atoms. The molecule has 1 aliphatic heterocycles. The highest BCUT2D eigenvalue weighted by Gasteiger charge is 2.18. The molecule has 0 bridgehead atoms. The molecule has 1 rings (SSSR count). The maximum absolute atomic E-state index is 5.29. The number of nitrogens with zero attached hydrogens (tertiary/aromatic N) is 1. The Bertz CT molecular complexity index is 184. The number of rotatable bonds is 0. The zero-order chi connectivity index (χ0) is 7.56. The second-order valence-electron chi connectivity index (χ2n) is 2.18. The van der Waals surface area contributed by atoms with E-state index < -0.39 is 0 Å². The molecule has 0 amide bonds. The lowest BCUT2D eigenvalue weighted by Gasteiger charge is -2.26. The van der Waals surface area contributed by atoms with E-state index in [4.69, 9.17) is 17.6 Å². The first-order chi connectivity index (χ1) is 4.74. The van der Waals surface area contributed by atoms with Gasteiger partial charge >= 0.3 is 0 Å². The molecule has 1 saturated heterocycles. The lowest BCUT2D eigenvalue weighted by molar-refractivity contribution is 0.506. The minimum Gasteiger partial charge on any atom is -0.241 e. The predicted octanol–water partition coefficient (Wildman–Crippen LogP) is 0.825. The highest BCUT2D eigenvalue weighted by Crippen LogP contribution is 2.22. The largest absolute Gasteiger partial charge is 0.241 e. The molecule has 0 aromatic heterocycles. The zero-order valence-corrected chi connectivity index (χ0v) is 8.19. The predicted molar refractivity (Wildman–Crippen MR) is 52.1 cm³/mol. The summed E-state index contributed by atoms with van der Waals surface area (Å²) in [5, 5.41) is 0. The minimum atomic E-state index is -0.0195. The first-order valence-corrected chi connectivity index (χ1v) is 6.57. The molecule has 2 atom stereocenters. The van der Waals surface area contributed by atoms with Crippen LogP contribution < -0.4 is 0 Å². The van der Waals surface area contributed by atoms with Crippen molar-refractivity contribution in [2.45, 2.75) is 0 Å². The van der Waals surface area contributed by atoms with E-state index in [9.17, 15) is 0 Å². The van der Waals surface area contributed by atoms with Crippen LogP contribution in [-0.2, 0) is 19.9 Å². The molecule has 56 valence electrons. The van der Waals surface area contributed by atoms with E-state index in [-0.39, 0.29) is 8.67 Å². The molecule has 0 N–H and O–H groups in total. The third kappa shape index (κ3) is 1.96. The molecule has 1 aliphatic rings. The van der Waals surface area contributed by atoms with Crippen molar-refractivity contribution in [2.24, 2.45) is 5.92 Å². The van der Waals surface area contributed by atoms with Crippen molar-refractivity contribution in [1.29, 1.82) is 0 Å². The number of terminal acetylenes is 1. The third-order valence-corrected chi connectivity index (χ3v) is 6.14. The van der Waals surface area contributed by atoms with Crippen LogP contribution in [0.5, 0.6) is 0 Å². The van der Waals surface area contributed by atoms with Crippen molar-refractivity contribution in [3.05, 3.63) is 0 Å². The SMILES string of the molecule is C#CC1CSS(=S)N(C)C1. The van der Waals surface area contributed by atoms with E-state index in [2.05, 4.69) is 10.2 Å². The molecule has 0 radical (unpaired) electrons. The maximum atomic E-state index is 5.29. The summed E-state index contributed by atoms with van der Waals surface area (Å²) >= 11 is 5.16. The van der Waals surface area contributed by atoms with Gasteiger partial charge in [0, 0.05) is 26.9 Å². The Labute approximate surface area is 72.7 Å². The van der Waals surface area contributed by atoms with Crippen LogP contribution in [0.2, 0.25) is 0 Å². The van der Waals surface area contributed by atoms with Gasteiger partial charge < -0.3 is 0 Å². The molecule has 0 aromatic rings. The van der Waals surface area contributed by atoms with E-state index in [1.165, 1.54) is 0 Å². The van der Waals surface area contributed by atoms with Gasteiger partial charge in [0.15, 0.2) is 0 Å². The molecular weight excluding hydrogens is 182 g/mol. The van der Waals surface area contributed by atoms with Gasteiger partial charge in [0.2, 0.25) is 0 Å². The fourth-order valence-electron chi connectivity index (χ4n) is 0.755. The van der Waals surface area contributed by atoms with Gasteiger partial charge in [-0.2, -0.15) is 0 Å². The number of hydrogen-bond donors (Lipinski definition) is 0. The Balaban J connectivity index is 2.50. The van der Waals surface area contributed by atoms with Crippen LogP contribution in [0.4, 0.5) is 0 Å². The molecule has 2 unspecified atom stereocenters. The van der Waals surface area contributed by atoms with Crippen LogP contribution >= 0.6 is 10.8 Å². The Morgan fingerprint density at radius 1 is 1.90 bits per heavy atom. The third-order valence-electron chi connectivity index (χ3n) is 1.34. The van der Waals surface area contributed by atoms with Crippen molar-refractivity contribution in [3.8, 4) is 12.3 Å². The van der Waals surface area contributed by atoms with Crippen LogP contribution in [0.1, 0.15) is 0 Å². The summed E-state index contributed by atoms with van der Waals surface area (Å²) in [4.78, 5) is 0. The highest BCUT2D eigenvalue weighted by atomic mass is 33.3. The normalized spacial score (nSPS) is 35.2. The lowest BCUT2D eigenvalue weighted by Crippen LogP contribution is -2.31. The van der Waals surface area contributed by atoms with Gasteiger partial charge in [0.1, 0.15) is 0 Å². The Hall–Kier alpha value is 0.440. The van der Waals surface area contributed by atoms with E-state index in [0.29, 0.717) is 5.92 Å². The summed E-state index contributed by atoms with van der Waals surface area (Å²) in [5.41, 5.74) is 0. The van der Waals surface area contributed by atoms with Crippen LogP contribution in [0.15, 0.2) is 0 Å². The molecule has 1 nitrogen and oxygen atoms in total. The summed E-state index contributed by atoms with van der Waals surface area (Å²) in [5.74, 6) is 4.19. The van der Waals surface area contributed by atoms with Crippen molar-refractivity contribution < 1.29 is 0 Å². The van der Waals surface area contributed by atoms with Crippen LogP contribution in [-0.4, -0.2) is 23.7 Å². The topological polar surface area (TPSA) is 3.24 Å². The van der Waals surface area contributed by atoms with Gasteiger partial charge in [-0.3, -0.25) is 0 Å². The minimum absolute atomic E-state index is 0.0195. The molecular formula is C6H9NS3. The Morgan fingerprint density at radius 3 is 3.10 bits per heavy atom. The second-order valence-corrected chi connectivity index (χ2v) is 7.04. The maximum Gasteiger partial charge on any atom is 0.0436 e. The standard InChI is InChI=1S/C6H9NS3/c1-3-6-4-7(2)10(8)9-5-6/h1,6H,4-5H2,2H3. The van der Waals surface area contributed by atoms with Gasteiger partial charge in [-0.05, 0) is 18.2 Å². The molecule has 1 fully saturated rings. The smallest absolute Gasteiger partial charge is 0.0436 e. The summed E-state index contributed by atoms with van der Waals surface area (Å²) < 4.78 is 2.15. The average Bonchev–Trinajstić information content (AvgIpc) is 1.95. The average molecular weight is 191 g/mol. The lowest BCUT2D eigenvalue weighted by atomic mass is 10.2. The molecule has 0 aromatic carbocycles. The Kier molecular flexibility index (Phi) is 3.18. The van der Waals surface area contributed by atoms with Crippen LogP contribution in [0.3, 0.4) is 0 Å². The summed E-state index contributed by atoms with van der Waals surface area (Å²) in [6, 6.07) is 0. The van der Waals surface area contributed by atoms with Gasteiger partial charge in [-0.15, -0.1) is 12.3 Å². The van der Waals surface area contributed by atoms with Gasteiger partial charge in [-0.25, -0.2) is 4.31 Å². The van der Waals surface area contributed by atoms with Crippen molar-refractivity contribution >= 4 is 30.7 Å². The van der Waals surface area contributed by atoms with Crippen molar-refractivity contribution in [2.75, 3.05) is 19.3 Å². The highest BCUT2D eigenvalue weighted by molar-refractivity contribution is 8.81. The molecule has 4 heteroatoms. The zero-order valence-electron chi connectivity index (χ0n) is 5.74. The monoisotopic (exact) mass is 191 g/mol. The summed E-state index contributed by atoms with van der Waals surface area (Å²) in [6.07, 6.45) is 5.29. The fourth-order valence-corrected chi connectivity index (χ4v) is 3.97. The van der Waals surface area contributed by atoms with Gasteiger partial charge in [0.05, 0.1) is 0 Å². The van der Waals surface area contributed by atoms with Crippen molar-refractivity contribution in [3.63, 3.8) is 0 Å². The first kappa shape index (κ1) is 8.54. The quantitative estimate of drug-likeness (QED) is 0.412. The molecule has 0 aliphatic carbocycles. The summed E-state index contributed by atoms with van der Waals surface area (Å²) in [7, 11) is 3.80. The molecule has 1 heterocycles. The molecule has 10 heavy (non-hydrogen) atoms. The van der Waals surface area contributed by atoms with E-state index >= 15 is 0 Å². The van der Waals surface area contributed by atoms with Gasteiger partial charge in [-0.1, -0.05) is 10.8 Å².